The number of fused-ring (bicyclic) bond motifs is 3. The fourth-order valence-electron chi connectivity index (χ4n) is 11.0. The summed E-state index contributed by atoms with van der Waals surface area (Å²) in [5.74, 6) is 0.688. The third kappa shape index (κ3) is 7.36. The highest BCUT2D eigenvalue weighted by molar-refractivity contribution is 5.95. The molecule has 4 bridgehead atoms. The first-order valence-electron chi connectivity index (χ1n) is 23.4. The van der Waals surface area contributed by atoms with E-state index in [2.05, 4.69) is 212 Å². The molecule has 14 rings (SSSR count). The van der Waals surface area contributed by atoms with E-state index >= 15 is 0 Å². The zero-order chi connectivity index (χ0) is 42.3. The molecule has 2 nitrogen and oxygen atoms in total. The first kappa shape index (κ1) is 39.2. The number of rotatable bonds is 8. The molecule has 310 valence electrons. The summed E-state index contributed by atoms with van der Waals surface area (Å²) in [5.41, 5.74) is 22.1. The first-order chi connectivity index (χ1) is 31.0. The van der Waals surface area contributed by atoms with Crippen molar-refractivity contribution in [2.45, 2.75) is 83.0 Å². The highest BCUT2D eigenvalue weighted by Gasteiger charge is 2.37. The van der Waals surface area contributed by atoms with Crippen molar-refractivity contribution in [2.24, 2.45) is 0 Å². The number of hydrogen-bond acceptors (Lipinski definition) is 2. The molecule has 0 aromatic heterocycles. The van der Waals surface area contributed by atoms with Crippen LogP contribution in [0.3, 0.4) is 0 Å². The average molecular weight is 817 g/mol. The number of hydrogen-bond donors (Lipinski definition) is 0. The van der Waals surface area contributed by atoms with Crippen molar-refractivity contribution < 1.29 is 0 Å². The van der Waals surface area contributed by atoms with Gasteiger partial charge in [0.25, 0.3) is 0 Å². The Morgan fingerprint density at radius 3 is 1.57 bits per heavy atom. The molecule has 0 unspecified atom stereocenters. The maximum Gasteiger partial charge on any atom is 0.0543 e. The second-order valence-corrected chi connectivity index (χ2v) is 18.6. The molecule has 2 heteroatoms. The minimum atomic E-state index is -0.130. The lowest BCUT2D eigenvalue weighted by Crippen LogP contribution is -2.18. The summed E-state index contributed by atoms with van der Waals surface area (Å²) < 4.78 is 0. The third-order valence-electron chi connectivity index (χ3n) is 14.4. The van der Waals surface area contributed by atoms with Gasteiger partial charge in [-0.25, -0.2) is 0 Å². The van der Waals surface area contributed by atoms with Crippen LogP contribution in [0.4, 0.5) is 34.1 Å². The molecule has 0 atom stereocenters. The molecule has 6 aliphatic rings. The molecule has 0 heterocycles. The van der Waals surface area contributed by atoms with E-state index < -0.39 is 0 Å². The molecule has 0 amide bonds. The quantitative estimate of drug-likeness (QED) is 0.151. The fraction of sp³-hybridized carbons (Fsp3) is 0.213. The zero-order valence-electron chi connectivity index (χ0n) is 36.7. The largest absolute Gasteiger partial charge is 0.310 e. The molecule has 6 aliphatic carbocycles. The van der Waals surface area contributed by atoms with Gasteiger partial charge in [-0.1, -0.05) is 161 Å². The van der Waals surface area contributed by atoms with Gasteiger partial charge in [-0.15, -0.1) is 0 Å². The first-order valence-corrected chi connectivity index (χ1v) is 23.4. The Labute approximate surface area is 374 Å². The van der Waals surface area contributed by atoms with E-state index in [1.807, 2.05) is 0 Å². The summed E-state index contributed by atoms with van der Waals surface area (Å²) in [6.07, 6.45) is 10.4. The summed E-state index contributed by atoms with van der Waals surface area (Å²) in [7, 11) is 0. The van der Waals surface area contributed by atoms with Crippen LogP contribution in [0.1, 0.15) is 90.8 Å². The van der Waals surface area contributed by atoms with Gasteiger partial charge < -0.3 is 9.80 Å². The molecule has 0 radical (unpaired) electrons. The number of benzene rings is 8. The summed E-state index contributed by atoms with van der Waals surface area (Å²) in [6.45, 7) is 4.79. The molecule has 63 heavy (non-hydrogen) atoms. The van der Waals surface area contributed by atoms with Crippen molar-refractivity contribution in [2.75, 3.05) is 9.80 Å². The van der Waals surface area contributed by atoms with Crippen molar-refractivity contribution in [1.29, 1.82) is 0 Å². The number of aryl methyl sites for hydroxylation is 4. The van der Waals surface area contributed by atoms with E-state index in [0.29, 0.717) is 5.92 Å². The van der Waals surface area contributed by atoms with Crippen LogP contribution in [-0.4, -0.2) is 0 Å². The molecule has 0 saturated heterocycles. The molecular weight excluding hydrogens is 761 g/mol. The Bertz CT molecular complexity index is 2890. The minimum absolute atomic E-state index is 0.130. The number of nitrogens with zero attached hydrogens (tertiary/aromatic N) is 2. The summed E-state index contributed by atoms with van der Waals surface area (Å²) in [6, 6.07) is 71.3. The lowest BCUT2D eigenvalue weighted by atomic mass is 9.81. The van der Waals surface area contributed by atoms with E-state index in [9.17, 15) is 0 Å². The van der Waals surface area contributed by atoms with Crippen LogP contribution in [0.5, 0.6) is 0 Å². The van der Waals surface area contributed by atoms with E-state index in [-0.39, 0.29) is 5.41 Å². The lowest BCUT2D eigenvalue weighted by Gasteiger charge is -2.32. The van der Waals surface area contributed by atoms with E-state index in [1.165, 1.54) is 127 Å². The smallest absolute Gasteiger partial charge is 0.0543 e. The van der Waals surface area contributed by atoms with Crippen molar-refractivity contribution in [1.82, 2.24) is 0 Å². The Morgan fingerprint density at radius 2 is 0.937 bits per heavy atom. The second-order valence-electron chi connectivity index (χ2n) is 18.6. The van der Waals surface area contributed by atoms with Gasteiger partial charge in [-0.05, 0) is 161 Å². The van der Waals surface area contributed by atoms with Crippen molar-refractivity contribution in [3.05, 3.63) is 227 Å². The van der Waals surface area contributed by atoms with E-state index in [4.69, 9.17) is 0 Å². The van der Waals surface area contributed by atoms with Gasteiger partial charge in [-0.3, -0.25) is 0 Å². The molecule has 0 N–H and O–H groups in total. The molecule has 8 aromatic carbocycles. The highest BCUT2D eigenvalue weighted by Crippen LogP contribution is 2.54. The lowest BCUT2D eigenvalue weighted by molar-refractivity contribution is 0.443. The fourth-order valence-corrected chi connectivity index (χ4v) is 11.0. The van der Waals surface area contributed by atoms with E-state index in [1.54, 1.807) is 0 Å². The van der Waals surface area contributed by atoms with Gasteiger partial charge >= 0.3 is 0 Å². The molecule has 1 saturated carbocycles. The van der Waals surface area contributed by atoms with Crippen LogP contribution < -0.4 is 9.80 Å². The van der Waals surface area contributed by atoms with Crippen LogP contribution in [0.25, 0.3) is 22.3 Å². The van der Waals surface area contributed by atoms with Crippen LogP contribution in [0.15, 0.2) is 188 Å². The molecule has 8 aromatic rings. The van der Waals surface area contributed by atoms with Crippen molar-refractivity contribution in [3.8, 4) is 22.3 Å². The normalized spacial score (nSPS) is 15.3. The second kappa shape index (κ2) is 16.6. The van der Waals surface area contributed by atoms with Gasteiger partial charge in [0, 0.05) is 39.4 Å². The SMILES string of the molecule is CC1(C)c2ccccc2-c2cc(-c3ccccc3)c(N(c3ccccc3)c3cc4ccc3CCc3ccc(c(N(c5ccccc5)c5ccc(C6CCCCC6)cc5)c3)CC4)cc21. The maximum absolute atomic E-state index is 2.58. The molecule has 0 spiro atoms. The number of para-hydroxylation sites is 2. The van der Waals surface area contributed by atoms with Gasteiger partial charge in [0.05, 0.1) is 5.69 Å². The van der Waals surface area contributed by atoms with Crippen LogP contribution in [0.2, 0.25) is 0 Å². The summed E-state index contributed by atoms with van der Waals surface area (Å²) in [5, 5.41) is 0. The van der Waals surface area contributed by atoms with Crippen LogP contribution >= 0.6 is 0 Å². The molecule has 1 fully saturated rings. The Hall–Kier alpha value is -6.64. The van der Waals surface area contributed by atoms with Gasteiger partial charge in [0.15, 0.2) is 0 Å². The number of anilines is 6. The van der Waals surface area contributed by atoms with Gasteiger partial charge in [0.1, 0.15) is 0 Å². The average Bonchev–Trinajstić information content (AvgIpc) is 3.56. The monoisotopic (exact) mass is 816 g/mol. The van der Waals surface area contributed by atoms with Crippen LogP contribution in [-0.2, 0) is 31.1 Å². The van der Waals surface area contributed by atoms with E-state index in [0.717, 1.165) is 25.7 Å². The molecule has 0 aliphatic heterocycles. The van der Waals surface area contributed by atoms with Crippen molar-refractivity contribution >= 4 is 34.1 Å². The summed E-state index contributed by atoms with van der Waals surface area (Å²) in [4.78, 5) is 5.09. The third-order valence-corrected chi connectivity index (χ3v) is 14.4. The van der Waals surface area contributed by atoms with Crippen LogP contribution in [0, 0.1) is 0 Å². The standard InChI is InChI=1S/C61H56N2/c1-61(2)56-26-16-15-25-53(56)55-41-54(47-19-9-4-10-20-47)60(42-57(55)61)63(51-23-13-6-14-24-51)59-40-44-28-32-48-31-27-43(29-33-49(59)34-30-44)39-58(48)62(50-21-11-5-12-22-50)52-37-35-46(36-38-52)45-17-7-3-8-18-45/h4-6,9-16,19-27,30-31,34-42,45H,3,7-8,17-18,28-29,32-33H2,1-2H3. The van der Waals surface area contributed by atoms with Gasteiger partial charge in [0.2, 0.25) is 0 Å². The predicted octanol–water partition coefficient (Wildman–Crippen LogP) is 16.5. The topological polar surface area (TPSA) is 6.48 Å². The maximum atomic E-state index is 2.58. The highest BCUT2D eigenvalue weighted by atomic mass is 15.2. The van der Waals surface area contributed by atoms with Gasteiger partial charge in [-0.2, -0.15) is 0 Å². The Kier molecular flexibility index (Phi) is 10.3. The minimum Gasteiger partial charge on any atom is -0.310 e. The molecular formula is C61H56N2. The predicted molar refractivity (Wildman–Crippen MR) is 266 cm³/mol. The zero-order valence-corrected chi connectivity index (χ0v) is 36.7. The Morgan fingerprint density at radius 1 is 0.397 bits per heavy atom. The Balaban J connectivity index is 1.02. The summed E-state index contributed by atoms with van der Waals surface area (Å²) >= 11 is 0. The van der Waals surface area contributed by atoms with Crippen molar-refractivity contribution in [3.63, 3.8) is 0 Å².